The van der Waals surface area contributed by atoms with Crippen LogP contribution in [-0.2, 0) is 18.3 Å². The molecule has 1 aromatic heterocycles. The lowest BCUT2D eigenvalue weighted by atomic mass is 10.1. The van der Waals surface area contributed by atoms with Gasteiger partial charge in [-0.3, -0.25) is 4.79 Å². The Balaban J connectivity index is 2.09. The Hall–Kier alpha value is -1.68. The van der Waals surface area contributed by atoms with Gasteiger partial charge in [0.2, 0.25) is 0 Å². The monoisotopic (exact) mass is 259 g/mol. The second-order valence-electron chi connectivity index (χ2n) is 5.89. The van der Waals surface area contributed by atoms with Crippen LogP contribution in [0.2, 0.25) is 0 Å². The maximum atomic E-state index is 12.0. The summed E-state index contributed by atoms with van der Waals surface area (Å²) in [5.74, 6) is 0.982. The standard InChI is InChI=1S/C15H21N3O/c1-15(2,3)16-10-11(19)9-14-17-12-7-5-6-8-13(12)18(14)4/h5-8,16H,9-10H2,1-4H3. The fourth-order valence-corrected chi connectivity index (χ4v) is 1.96. The van der Waals surface area contributed by atoms with Crippen molar-refractivity contribution in [1.82, 2.24) is 14.9 Å². The Bertz CT molecular complexity index is 593. The van der Waals surface area contributed by atoms with Crippen LogP contribution in [0.25, 0.3) is 11.0 Å². The zero-order chi connectivity index (χ0) is 14.0. The van der Waals surface area contributed by atoms with E-state index in [0.717, 1.165) is 16.9 Å². The molecule has 4 nitrogen and oxygen atoms in total. The second kappa shape index (κ2) is 5.13. The molecular formula is C15H21N3O. The quantitative estimate of drug-likeness (QED) is 0.914. The number of hydrogen-bond acceptors (Lipinski definition) is 3. The van der Waals surface area contributed by atoms with Crippen molar-refractivity contribution < 1.29 is 4.79 Å². The van der Waals surface area contributed by atoms with Crippen molar-refractivity contribution in [1.29, 1.82) is 0 Å². The first kappa shape index (κ1) is 13.7. The zero-order valence-corrected chi connectivity index (χ0v) is 12.0. The molecule has 4 heteroatoms. The molecule has 0 unspecified atom stereocenters. The van der Waals surface area contributed by atoms with Crippen molar-refractivity contribution >= 4 is 16.8 Å². The largest absolute Gasteiger partial charge is 0.331 e. The van der Waals surface area contributed by atoms with Crippen LogP contribution in [0, 0.1) is 0 Å². The number of nitrogens with one attached hydrogen (secondary N) is 1. The van der Waals surface area contributed by atoms with Crippen LogP contribution >= 0.6 is 0 Å². The van der Waals surface area contributed by atoms with E-state index in [2.05, 4.69) is 31.1 Å². The van der Waals surface area contributed by atoms with E-state index in [0.29, 0.717) is 13.0 Å². The smallest absolute Gasteiger partial charge is 0.154 e. The van der Waals surface area contributed by atoms with Gasteiger partial charge in [-0.2, -0.15) is 0 Å². The molecule has 0 saturated heterocycles. The Kier molecular flexibility index (Phi) is 3.71. The summed E-state index contributed by atoms with van der Waals surface area (Å²) in [6.07, 6.45) is 0.369. The van der Waals surface area contributed by atoms with Gasteiger partial charge in [0, 0.05) is 12.6 Å². The van der Waals surface area contributed by atoms with Gasteiger partial charge in [-0.1, -0.05) is 12.1 Å². The Morgan fingerprint density at radius 2 is 2.00 bits per heavy atom. The first-order chi connectivity index (χ1) is 8.87. The lowest BCUT2D eigenvalue weighted by Crippen LogP contribution is -2.39. The van der Waals surface area contributed by atoms with Crippen molar-refractivity contribution in [2.75, 3.05) is 6.54 Å². The van der Waals surface area contributed by atoms with Crippen LogP contribution in [-0.4, -0.2) is 27.4 Å². The van der Waals surface area contributed by atoms with Crippen molar-refractivity contribution in [2.45, 2.75) is 32.7 Å². The van der Waals surface area contributed by atoms with Gasteiger partial charge in [-0.25, -0.2) is 4.98 Å². The highest BCUT2D eigenvalue weighted by atomic mass is 16.1. The predicted octanol–water partition coefficient (Wildman–Crippen LogP) is 2.07. The molecule has 2 aromatic rings. The van der Waals surface area contributed by atoms with Gasteiger partial charge in [-0.15, -0.1) is 0 Å². The number of aromatic nitrogens is 2. The average Bonchev–Trinajstić information content (AvgIpc) is 2.64. The van der Waals surface area contributed by atoms with Crippen molar-refractivity contribution in [3.63, 3.8) is 0 Å². The molecular weight excluding hydrogens is 238 g/mol. The van der Waals surface area contributed by atoms with E-state index >= 15 is 0 Å². The molecule has 0 saturated carbocycles. The first-order valence-corrected chi connectivity index (χ1v) is 6.54. The van der Waals surface area contributed by atoms with Gasteiger partial charge in [-0.05, 0) is 32.9 Å². The summed E-state index contributed by atoms with van der Waals surface area (Å²) < 4.78 is 1.99. The number of hydrogen-bond donors (Lipinski definition) is 1. The summed E-state index contributed by atoms with van der Waals surface area (Å²) >= 11 is 0. The number of para-hydroxylation sites is 2. The van der Waals surface area contributed by atoms with Gasteiger partial charge in [0.05, 0.1) is 24.0 Å². The highest BCUT2D eigenvalue weighted by molar-refractivity contribution is 5.84. The van der Waals surface area contributed by atoms with Crippen LogP contribution in [0.15, 0.2) is 24.3 Å². The number of rotatable bonds is 4. The van der Waals surface area contributed by atoms with Crippen molar-refractivity contribution in [3.8, 4) is 0 Å². The minimum Gasteiger partial charge on any atom is -0.331 e. The van der Waals surface area contributed by atoms with E-state index in [4.69, 9.17) is 0 Å². The summed E-state index contributed by atoms with van der Waals surface area (Å²) in [6.45, 7) is 6.53. The van der Waals surface area contributed by atoms with Gasteiger partial charge in [0.25, 0.3) is 0 Å². The normalized spacial score (nSPS) is 12.0. The number of fused-ring (bicyclic) bond motifs is 1. The van der Waals surface area contributed by atoms with Crippen LogP contribution in [0.1, 0.15) is 26.6 Å². The molecule has 2 rings (SSSR count). The summed E-state index contributed by atoms with van der Waals surface area (Å²) in [5, 5.41) is 3.21. The first-order valence-electron chi connectivity index (χ1n) is 6.54. The van der Waals surface area contributed by atoms with Crippen LogP contribution in [0.5, 0.6) is 0 Å². The van der Waals surface area contributed by atoms with Crippen LogP contribution in [0.3, 0.4) is 0 Å². The molecule has 0 atom stereocenters. The topological polar surface area (TPSA) is 46.9 Å². The number of imidazole rings is 1. The second-order valence-corrected chi connectivity index (χ2v) is 5.89. The maximum absolute atomic E-state index is 12.0. The molecule has 0 aliphatic heterocycles. The number of benzene rings is 1. The van der Waals surface area contributed by atoms with E-state index in [1.54, 1.807) is 0 Å². The molecule has 0 aliphatic carbocycles. The number of aryl methyl sites for hydroxylation is 1. The van der Waals surface area contributed by atoms with Crippen molar-refractivity contribution in [3.05, 3.63) is 30.1 Å². The molecule has 1 N–H and O–H groups in total. The van der Waals surface area contributed by atoms with Gasteiger partial charge in [0.1, 0.15) is 5.82 Å². The maximum Gasteiger partial charge on any atom is 0.154 e. The molecule has 0 aliphatic rings. The fourth-order valence-electron chi connectivity index (χ4n) is 1.96. The van der Waals surface area contributed by atoms with Gasteiger partial charge in [0.15, 0.2) is 5.78 Å². The lowest BCUT2D eigenvalue weighted by Gasteiger charge is -2.19. The summed E-state index contributed by atoms with van der Waals surface area (Å²) in [6, 6.07) is 7.93. The van der Waals surface area contributed by atoms with E-state index < -0.39 is 0 Å². The summed E-state index contributed by atoms with van der Waals surface area (Å²) in [7, 11) is 1.95. The Morgan fingerprint density at radius 1 is 1.32 bits per heavy atom. The summed E-state index contributed by atoms with van der Waals surface area (Å²) in [5.41, 5.74) is 1.97. The molecule has 1 aromatic carbocycles. The molecule has 0 fully saturated rings. The zero-order valence-electron chi connectivity index (χ0n) is 12.0. The third-order valence-corrected chi connectivity index (χ3v) is 3.05. The van der Waals surface area contributed by atoms with Crippen LogP contribution in [0.4, 0.5) is 0 Å². The minimum absolute atomic E-state index is 0.0397. The highest BCUT2D eigenvalue weighted by Crippen LogP contribution is 2.14. The number of carbonyl (C=O) groups is 1. The molecule has 0 amide bonds. The third kappa shape index (κ3) is 3.41. The third-order valence-electron chi connectivity index (χ3n) is 3.05. The van der Waals surface area contributed by atoms with E-state index in [1.807, 2.05) is 35.9 Å². The Morgan fingerprint density at radius 3 is 2.63 bits per heavy atom. The lowest BCUT2D eigenvalue weighted by molar-refractivity contribution is -0.118. The molecule has 19 heavy (non-hydrogen) atoms. The van der Waals surface area contributed by atoms with Crippen molar-refractivity contribution in [2.24, 2.45) is 7.05 Å². The molecule has 0 spiro atoms. The number of Topliss-reactive ketones (excluding diaryl/α,β-unsaturated/α-hetero) is 1. The molecule has 0 radical (unpaired) electrons. The summed E-state index contributed by atoms with van der Waals surface area (Å²) in [4.78, 5) is 16.5. The molecule has 102 valence electrons. The van der Waals surface area contributed by atoms with E-state index in [9.17, 15) is 4.79 Å². The van der Waals surface area contributed by atoms with Crippen LogP contribution < -0.4 is 5.32 Å². The highest BCUT2D eigenvalue weighted by Gasteiger charge is 2.14. The molecule has 1 heterocycles. The fraction of sp³-hybridized carbons (Fsp3) is 0.467. The van der Waals surface area contributed by atoms with Gasteiger partial charge >= 0.3 is 0 Å². The Labute approximate surface area is 113 Å². The number of ketones is 1. The average molecular weight is 259 g/mol. The van der Waals surface area contributed by atoms with E-state index in [1.165, 1.54) is 0 Å². The number of nitrogens with zero attached hydrogens (tertiary/aromatic N) is 2. The number of carbonyl (C=O) groups excluding carboxylic acids is 1. The van der Waals surface area contributed by atoms with E-state index in [-0.39, 0.29) is 11.3 Å². The molecule has 0 bridgehead atoms. The predicted molar refractivity (Wildman–Crippen MR) is 77.2 cm³/mol. The SMILES string of the molecule is Cn1c(CC(=O)CNC(C)(C)C)nc2ccccc21. The minimum atomic E-state index is -0.0397. The van der Waals surface area contributed by atoms with Gasteiger partial charge < -0.3 is 9.88 Å².